The van der Waals surface area contributed by atoms with Gasteiger partial charge in [-0.15, -0.1) is 0 Å². The molecule has 2 aromatic heterocycles. The van der Waals surface area contributed by atoms with E-state index >= 15 is 0 Å². The summed E-state index contributed by atoms with van der Waals surface area (Å²) in [5.41, 5.74) is 4.90. The molecule has 0 aromatic carbocycles. The van der Waals surface area contributed by atoms with Crippen LogP contribution in [-0.2, 0) is 4.79 Å². The van der Waals surface area contributed by atoms with Gasteiger partial charge in [0.25, 0.3) is 5.91 Å². The number of rotatable bonds is 5. The lowest BCUT2D eigenvalue weighted by molar-refractivity contribution is -0.118. The number of carbonyl (C=O) groups is 1. The van der Waals surface area contributed by atoms with E-state index in [1.165, 1.54) is 18.0 Å². The van der Waals surface area contributed by atoms with Crippen molar-refractivity contribution in [1.82, 2.24) is 20.4 Å². The van der Waals surface area contributed by atoms with Crippen molar-refractivity contribution in [3.8, 4) is 0 Å². The molecule has 0 unspecified atom stereocenters. The molecule has 0 spiro atoms. The Kier molecular flexibility index (Phi) is 5.39. The molecule has 0 radical (unpaired) electrons. The predicted molar refractivity (Wildman–Crippen MR) is 82.2 cm³/mol. The van der Waals surface area contributed by atoms with Crippen LogP contribution in [0.1, 0.15) is 17.1 Å². The second kappa shape index (κ2) is 7.49. The third-order valence-corrected chi connectivity index (χ3v) is 3.22. The number of amides is 1. The minimum absolute atomic E-state index is 0.211. The highest BCUT2D eigenvalue weighted by atomic mass is 32.2. The number of nitrogens with one attached hydrogen (secondary N) is 1. The lowest BCUT2D eigenvalue weighted by Crippen LogP contribution is -2.20. The molecule has 2 heterocycles. The Bertz CT molecular complexity index is 625. The summed E-state index contributed by atoms with van der Waals surface area (Å²) in [6.45, 7) is 3.80. The number of hydrogen-bond donors (Lipinski definition) is 1. The molecule has 0 saturated heterocycles. The quantitative estimate of drug-likeness (QED) is 0.394. The number of thioether (sulfide) groups is 1. The van der Waals surface area contributed by atoms with Gasteiger partial charge in [0.2, 0.25) is 0 Å². The largest absolute Gasteiger partial charge is 0.272 e. The lowest BCUT2D eigenvalue weighted by atomic mass is 10.4. The van der Waals surface area contributed by atoms with Gasteiger partial charge in [-0.1, -0.05) is 17.8 Å². The van der Waals surface area contributed by atoms with E-state index in [1.807, 2.05) is 32.0 Å². The fourth-order valence-electron chi connectivity index (χ4n) is 1.54. The molecule has 0 bridgehead atoms. The maximum absolute atomic E-state index is 11.7. The van der Waals surface area contributed by atoms with Gasteiger partial charge in [0.05, 0.1) is 17.7 Å². The van der Waals surface area contributed by atoms with E-state index in [9.17, 15) is 4.79 Å². The minimum atomic E-state index is -0.213. The first-order valence-electron chi connectivity index (χ1n) is 6.31. The predicted octanol–water partition coefficient (Wildman–Crippen LogP) is 1.73. The van der Waals surface area contributed by atoms with Crippen molar-refractivity contribution in [3.05, 3.63) is 47.5 Å². The molecule has 0 fully saturated rings. The van der Waals surface area contributed by atoms with Crippen LogP contribution in [0.15, 0.2) is 40.7 Å². The van der Waals surface area contributed by atoms with E-state index in [0.29, 0.717) is 10.9 Å². The van der Waals surface area contributed by atoms with Gasteiger partial charge in [-0.05, 0) is 32.0 Å². The Balaban J connectivity index is 1.81. The van der Waals surface area contributed by atoms with Crippen LogP contribution in [0.3, 0.4) is 0 Å². The van der Waals surface area contributed by atoms with Crippen molar-refractivity contribution < 1.29 is 4.79 Å². The SMILES string of the molecule is Cc1cc(C)nc(SCC(=O)NN=Cc2ccccn2)n1. The number of hydrazone groups is 1. The smallest absolute Gasteiger partial charge is 0.250 e. The van der Waals surface area contributed by atoms with Crippen molar-refractivity contribution in [1.29, 1.82) is 0 Å². The van der Waals surface area contributed by atoms with Crippen LogP contribution in [0.5, 0.6) is 0 Å². The van der Waals surface area contributed by atoms with Gasteiger partial charge in [0.15, 0.2) is 5.16 Å². The van der Waals surface area contributed by atoms with Gasteiger partial charge in [-0.3, -0.25) is 9.78 Å². The third kappa shape index (κ3) is 5.31. The number of nitrogens with zero attached hydrogens (tertiary/aromatic N) is 4. The van der Waals surface area contributed by atoms with Crippen molar-refractivity contribution in [2.45, 2.75) is 19.0 Å². The Morgan fingerprint density at radius 3 is 2.76 bits per heavy atom. The van der Waals surface area contributed by atoms with E-state index < -0.39 is 0 Å². The van der Waals surface area contributed by atoms with E-state index in [2.05, 4.69) is 25.5 Å². The first-order chi connectivity index (χ1) is 10.1. The average molecular weight is 301 g/mol. The molecule has 6 nitrogen and oxygen atoms in total. The monoisotopic (exact) mass is 301 g/mol. The summed E-state index contributed by atoms with van der Waals surface area (Å²) in [6.07, 6.45) is 3.16. The summed E-state index contributed by atoms with van der Waals surface area (Å²) >= 11 is 1.28. The van der Waals surface area contributed by atoms with Crippen molar-refractivity contribution in [3.63, 3.8) is 0 Å². The number of aryl methyl sites for hydroxylation is 2. The average Bonchev–Trinajstić information content (AvgIpc) is 2.45. The Labute approximate surface area is 127 Å². The molecule has 1 N–H and O–H groups in total. The first kappa shape index (κ1) is 15.1. The first-order valence-corrected chi connectivity index (χ1v) is 7.30. The van der Waals surface area contributed by atoms with Gasteiger partial charge in [0, 0.05) is 17.6 Å². The summed E-state index contributed by atoms with van der Waals surface area (Å²) in [5, 5.41) is 4.44. The Hall–Kier alpha value is -2.28. The fraction of sp³-hybridized carbons (Fsp3) is 0.214. The second-order valence-corrected chi connectivity index (χ2v) is 5.21. The van der Waals surface area contributed by atoms with Crippen molar-refractivity contribution in [2.24, 2.45) is 5.10 Å². The number of aromatic nitrogens is 3. The molecule has 0 atom stereocenters. The van der Waals surface area contributed by atoms with Gasteiger partial charge >= 0.3 is 0 Å². The maximum atomic E-state index is 11.7. The summed E-state index contributed by atoms with van der Waals surface area (Å²) < 4.78 is 0. The highest BCUT2D eigenvalue weighted by Crippen LogP contribution is 2.13. The van der Waals surface area contributed by atoms with Crippen molar-refractivity contribution in [2.75, 3.05) is 5.75 Å². The standard InChI is InChI=1S/C14H15N5OS/c1-10-7-11(2)18-14(17-10)21-9-13(20)19-16-8-12-5-3-4-6-15-12/h3-8H,9H2,1-2H3,(H,19,20). The fourth-order valence-corrected chi connectivity index (χ4v) is 2.29. The molecule has 0 aliphatic heterocycles. The summed E-state index contributed by atoms with van der Waals surface area (Å²) in [7, 11) is 0. The van der Waals surface area contributed by atoms with Crippen molar-refractivity contribution >= 4 is 23.9 Å². The molecule has 1 amide bonds. The van der Waals surface area contributed by atoms with Gasteiger partial charge in [-0.25, -0.2) is 15.4 Å². The van der Waals surface area contributed by atoms with E-state index in [4.69, 9.17) is 0 Å². The zero-order valence-corrected chi connectivity index (χ0v) is 12.6. The molecule has 21 heavy (non-hydrogen) atoms. The van der Waals surface area contributed by atoms with E-state index in [0.717, 1.165) is 11.4 Å². The third-order valence-electron chi connectivity index (χ3n) is 2.37. The second-order valence-electron chi connectivity index (χ2n) is 4.27. The highest BCUT2D eigenvalue weighted by molar-refractivity contribution is 7.99. The molecule has 7 heteroatoms. The van der Waals surface area contributed by atoms with Gasteiger partial charge < -0.3 is 0 Å². The highest BCUT2D eigenvalue weighted by Gasteiger charge is 2.05. The van der Waals surface area contributed by atoms with Crippen LogP contribution in [-0.4, -0.2) is 32.8 Å². The molecule has 0 saturated carbocycles. The van der Waals surface area contributed by atoms with Crippen LogP contribution >= 0.6 is 11.8 Å². The van der Waals surface area contributed by atoms with E-state index in [1.54, 1.807) is 12.3 Å². The van der Waals surface area contributed by atoms with Crippen LogP contribution in [0.25, 0.3) is 0 Å². The Morgan fingerprint density at radius 1 is 1.33 bits per heavy atom. The number of pyridine rings is 1. The Morgan fingerprint density at radius 2 is 2.10 bits per heavy atom. The summed E-state index contributed by atoms with van der Waals surface area (Å²) in [5.74, 6) is -0.00225. The van der Waals surface area contributed by atoms with Gasteiger partial charge in [-0.2, -0.15) is 5.10 Å². The normalized spacial score (nSPS) is 10.8. The number of carbonyl (C=O) groups excluding carboxylic acids is 1. The van der Waals surface area contributed by atoms with Crippen LogP contribution < -0.4 is 5.43 Å². The molecular weight excluding hydrogens is 286 g/mol. The zero-order chi connectivity index (χ0) is 15.1. The molecular formula is C14H15N5OS. The minimum Gasteiger partial charge on any atom is -0.272 e. The lowest BCUT2D eigenvalue weighted by Gasteiger charge is -2.02. The maximum Gasteiger partial charge on any atom is 0.250 e. The summed E-state index contributed by atoms with van der Waals surface area (Å²) in [6, 6.07) is 7.36. The van der Waals surface area contributed by atoms with Crippen LogP contribution in [0.4, 0.5) is 0 Å². The number of hydrogen-bond acceptors (Lipinski definition) is 6. The van der Waals surface area contributed by atoms with Crippen LogP contribution in [0.2, 0.25) is 0 Å². The topological polar surface area (TPSA) is 80.1 Å². The van der Waals surface area contributed by atoms with E-state index in [-0.39, 0.29) is 11.7 Å². The molecule has 108 valence electrons. The van der Waals surface area contributed by atoms with Gasteiger partial charge in [0.1, 0.15) is 0 Å². The summed E-state index contributed by atoms with van der Waals surface area (Å²) in [4.78, 5) is 24.2. The zero-order valence-electron chi connectivity index (χ0n) is 11.8. The molecule has 2 aromatic rings. The van der Waals surface area contributed by atoms with Crippen LogP contribution in [0, 0.1) is 13.8 Å². The molecule has 0 aliphatic rings. The molecule has 2 rings (SSSR count). The molecule has 0 aliphatic carbocycles.